The van der Waals surface area contributed by atoms with Crippen LogP contribution in [0.5, 0.6) is 0 Å². The third-order valence-corrected chi connectivity index (χ3v) is 14.4. The van der Waals surface area contributed by atoms with Gasteiger partial charge in [-0.15, -0.1) is 0 Å². The lowest BCUT2D eigenvalue weighted by Gasteiger charge is -2.23. The van der Waals surface area contributed by atoms with Crippen molar-refractivity contribution in [2.24, 2.45) is 0 Å². The van der Waals surface area contributed by atoms with Crippen molar-refractivity contribution in [2.75, 3.05) is 0 Å². The Kier molecular flexibility index (Phi) is 8.16. The fraction of sp³-hybridized carbons (Fsp3) is 0. The Morgan fingerprint density at radius 2 is 0.652 bits per heavy atom. The van der Waals surface area contributed by atoms with E-state index in [4.69, 9.17) is 9.97 Å². The maximum absolute atomic E-state index is 15.3. The number of rotatable bonds is 8. The summed E-state index contributed by atoms with van der Waals surface area (Å²) in [6.07, 6.45) is 3.54. The second kappa shape index (κ2) is 12.7. The quantitative estimate of drug-likeness (QED) is 0.168. The molecule has 7 rings (SSSR count). The van der Waals surface area contributed by atoms with Crippen LogP contribution in [0.4, 0.5) is 0 Å². The summed E-state index contributed by atoms with van der Waals surface area (Å²) in [6, 6.07) is 53.9. The van der Waals surface area contributed by atoms with Crippen LogP contribution in [-0.2, 0) is 9.13 Å². The summed E-state index contributed by atoms with van der Waals surface area (Å²) >= 11 is 0. The molecule has 0 bridgehead atoms. The first-order valence-corrected chi connectivity index (χ1v) is 18.5. The summed E-state index contributed by atoms with van der Waals surface area (Å²) < 4.78 is 30.5. The van der Waals surface area contributed by atoms with Gasteiger partial charge in [-0.05, 0) is 5.56 Å². The molecule has 0 spiro atoms. The minimum Gasteiger partial charge on any atom is -0.309 e. The SMILES string of the molecule is O=P(c1ccccc1)(c1ccccc1)c1ccccc1-c1cnc(-c2ccccc2P(=O)(c2ccccc2)c2ccccc2)nc1. The van der Waals surface area contributed by atoms with Gasteiger partial charge in [-0.25, -0.2) is 9.97 Å². The lowest BCUT2D eigenvalue weighted by atomic mass is 10.1. The van der Waals surface area contributed by atoms with Crippen molar-refractivity contribution in [3.8, 4) is 22.5 Å². The molecule has 4 nitrogen and oxygen atoms in total. The van der Waals surface area contributed by atoms with E-state index in [9.17, 15) is 0 Å². The molecule has 222 valence electrons. The predicted molar refractivity (Wildman–Crippen MR) is 192 cm³/mol. The van der Waals surface area contributed by atoms with E-state index in [0.29, 0.717) is 16.7 Å². The Hall–Kier alpha value is -5.14. The molecule has 0 N–H and O–H groups in total. The summed E-state index contributed by atoms with van der Waals surface area (Å²) in [5, 5.41) is 4.42. The van der Waals surface area contributed by atoms with E-state index in [1.165, 1.54) is 0 Å². The summed E-state index contributed by atoms with van der Waals surface area (Å²) in [6.45, 7) is 0. The number of hydrogen-bond acceptors (Lipinski definition) is 4. The highest BCUT2D eigenvalue weighted by Gasteiger charge is 2.34. The molecule has 7 aromatic rings. The smallest absolute Gasteiger partial charge is 0.171 e. The van der Waals surface area contributed by atoms with E-state index in [-0.39, 0.29) is 0 Å². The van der Waals surface area contributed by atoms with Crippen molar-refractivity contribution in [3.63, 3.8) is 0 Å². The second-order valence-corrected chi connectivity index (χ2v) is 16.4. The van der Waals surface area contributed by atoms with Crippen molar-refractivity contribution in [2.45, 2.75) is 0 Å². The van der Waals surface area contributed by atoms with Gasteiger partial charge in [0.1, 0.15) is 0 Å². The van der Waals surface area contributed by atoms with E-state index in [0.717, 1.165) is 37.6 Å². The van der Waals surface area contributed by atoms with Crippen LogP contribution in [-0.4, -0.2) is 9.97 Å². The number of benzene rings is 6. The molecule has 0 saturated carbocycles. The van der Waals surface area contributed by atoms with Crippen molar-refractivity contribution >= 4 is 46.1 Å². The molecule has 6 heteroatoms. The van der Waals surface area contributed by atoms with Gasteiger partial charge in [0.25, 0.3) is 0 Å². The van der Waals surface area contributed by atoms with E-state index < -0.39 is 14.3 Å². The Balaban J connectivity index is 1.36. The topological polar surface area (TPSA) is 59.9 Å². The lowest BCUT2D eigenvalue weighted by molar-refractivity contribution is 0.591. The largest absolute Gasteiger partial charge is 0.309 e. The van der Waals surface area contributed by atoms with Crippen LogP contribution in [0.1, 0.15) is 0 Å². The maximum atomic E-state index is 15.3. The number of hydrogen-bond donors (Lipinski definition) is 0. The Labute approximate surface area is 269 Å². The highest BCUT2D eigenvalue weighted by molar-refractivity contribution is 7.86. The molecule has 0 unspecified atom stereocenters. The molecule has 0 saturated heterocycles. The van der Waals surface area contributed by atoms with Gasteiger partial charge in [-0.1, -0.05) is 170 Å². The molecule has 0 aliphatic rings. The first-order chi connectivity index (χ1) is 22.6. The van der Waals surface area contributed by atoms with Gasteiger partial charge in [0.2, 0.25) is 0 Å². The van der Waals surface area contributed by atoms with Gasteiger partial charge in [0, 0.05) is 55.3 Å². The molecule has 1 heterocycles. The molecule has 0 atom stereocenters. The van der Waals surface area contributed by atoms with Gasteiger partial charge in [-0.2, -0.15) is 0 Å². The first kappa shape index (κ1) is 29.6. The Morgan fingerprint density at radius 3 is 1.04 bits per heavy atom. The normalized spacial score (nSPS) is 11.7. The van der Waals surface area contributed by atoms with Crippen LogP contribution in [0.3, 0.4) is 0 Å². The Bertz CT molecular complexity index is 1940. The molecule has 1 aromatic heterocycles. The highest BCUT2D eigenvalue weighted by atomic mass is 31.2. The van der Waals surface area contributed by atoms with Crippen LogP contribution in [0.25, 0.3) is 22.5 Å². The van der Waals surface area contributed by atoms with E-state index >= 15 is 9.13 Å². The van der Waals surface area contributed by atoms with E-state index in [2.05, 4.69) is 0 Å². The molecule has 0 radical (unpaired) electrons. The van der Waals surface area contributed by atoms with Crippen LogP contribution in [0.15, 0.2) is 182 Å². The van der Waals surface area contributed by atoms with Crippen LogP contribution in [0, 0.1) is 0 Å². The Morgan fingerprint density at radius 1 is 0.348 bits per heavy atom. The van der Waals surface area contributed by atoms with Crippen molar-refractivity contribution in [1.29, 1.82) is 0 Å². The molecule has 46 heavy (non-hydrogen) atoms. The fourth-order valence-corrected chi connectivity index (χ4v) is 11.7. The maximum Gasteiger partial charge on any atom is 0.171 e. The van der Waals surface area contributed by atoms with E-state index in [1.54, 1.807) is 12.4 Å². The summed E-state index contributed by atoms with van der Waals surface area (Å²) in [5.41, 5.74) is 2.26. The van der Waals surface area contributed by atoms with Gasteiger partial charge in [0.15, 0.2) is 20.1 Å². The second-order valence-electron chi connectivity index (χ2n) is 10.9. The zero-order chi connectivity index (χ0) is 31.4. The minimum absolute atomic E-state index is 0.471. The van der Waals surface area contributed by atoms with Gasteiger partial charge < -0.3 is 9.13 Å². The average Bonchev–Trinajstić information content (AvgIpc) is 3.15. The summed E-state index contributed by atoms with van der Waals surface area (Å²) in [5.74, 6) is 0.471. The van der Waals surface area contributed by atoms with Crippen LogP contribution >= 0.6 is 14.3 Å². The first-order valence-electron chi connectivity index (χ1n) is 15.0. The zero-order valence-corrected chi connectivity index (χ0v) is 26.7. The fourth-order valence-electron chi connectivity index (χ4n) is 5.94. The van der Waals surface area contributed by atoms with Crippen molar-refractivity contribution in [3.05, 3.63) is 182 Å². The van der Waals surface area contributed by atoms with Crippen molar-refractivity contribution in [1.82, 2.24) is 9.97 Å². The van der Waals surface area contributed by atoms with Crippen molar-refractivity contribution < 1.29 is 9.13 Å². The molecule has 6 aromatic carbocycles. The summed E-state index contributed by atoms with van der Waals surface area (Å²) in [7, 11) is -6.50. The molecule has 0 fully saturated rings. The highest BCUT2D eigenvalue weighted by Crippen LogP contribution is 2.46. The lowest BCUT2D eigenvalue weighted by Crippen LogP contribution is -2.26. The molecule has 0 aliphatic heterocycles. The zero-order valence-electron chi connectivity index (χ0n) is 24.9. The average molecular weight is 633 g/mol. The number of nitrogens with zero attached hydrogens (tertiary/aromatic N) is 2. The summed E-state index contributed by atoms with van der Waals surface area (Å²) in [4.78, 5) is 9.67. The third kappa shape index (κ3) is 5.26. The van der Waals surface area contributed by atoms with Gasteiger partial charge >= 0.3 is 0 Å². The minimum atomic E-state index is -3.26. The monoisotopic (exact) mass is 632 g/mol. The predicted octanol–water partition coefficient (Wildman–Crippen LogP) is 7.09. The van der Waals surface area contributed by atoms with Crippen LogP contribution < -0.4 is 31.8 Å². The standard InChI is InChI=1S/C40H30N2O2P2/c43-45(32-17-5-1-6-18-32,33-19-7-2-8-20-33)38-27-15-13-25-36(38)31-29-41-40(42-30-31)37-26-14-16-28-39(37)46(44,34-21-9-3-10-22-34)35-23-11-4-12-24-35/h1-30H. The van der Waals surface area contributed by atoms with Crippen LogP contribution in [0.2, 0.25) is 0 Å². The molecular formula is C40H30N2O2P2. The number of aromatic nitrogens is 2. The third-order valence-electron chi connectivity index (χ3n) is 8.17. The molecule has 0 amide bonds. The van der Waals surface area contributed by atoms with Gasteiger partial charge in [0.05, 0.1) is 0 Å². The van der Waals surface area contributed by atoms with Gasteiger partial charge in [-0.3, -0.25) is 0 Å². The molecule has 0 aliphatic carbocycles. The molecular weight excluding hydrogens is 602 g/mol. The van der Waals surface area contributed by atoms with E-state index in [1.807, 2.05) is 170 Å².